The number of rotatable bonds is 5. The fourth-order valence-electron chi connectivity index (χ4n) is 3.31. The maximum absolute atomic E-state index is 11.5. The highest BCUT2D eigenvalue weighted by Crippen LogP contribution is 2.27. The van der Waals surface area contributed by atoms with Crippen LogP contribution < -0.4 is 4.90 Å². The molecular formula is C21H21N3O3. The molecule has 0 spiro atoms. The molecule has 1 fully saturated rings. The highest BCUT2D eigenvalue weighted by Gasteiger charge is 2.17. The molecule has 2 aromatic carbocycles. The Bertz CT molecular complexity index is 931. The van der Waals surface area contributed by atoms with Gasteiger partial charge < -0.3 is 14.7 Å². The first-order chi connectivity index (χ1) is 13.2. The molecule has 0 radical (unpaired) electrons. The first kappa shape index (κ1) is 17.3. The fraction of sp³-hybridized carbons (Fsp3) is 0.238. The van der Waals surface area contributed by atoms with Crippen LogP contribution in [0.3, 0.4) is 0 Å². The van der Waals surface area contributed by atoms with E-state index in [9.17, 15) is 9.90 Å². The molecule has 0 bridgehead atoms. The average molecular weight is 363 g/mol. The SMILES string of the molecule is O=C(O)c1cc(-c2cccc(N3CCOCC3)c2)n(Cc2ccccc2)n1. The molecule has 6 heteroatoms. The second kappa shape index (κ2) is 7.63. The van der Waals surface area contributed by atoms with Crippen LogP contribution in [0, 0.1) is 0 Å². The summed E-state index contributed by atoms with van der Waals surface area (Å²) < 4.78 is 7.19. The van der Waals surface area contributed by atoms with Gasteiger partial charge in [-0.05, 0) is 23.8 Å². The van der Waals surface area contributed by atoms with Crippen LogP contribution in [0.5, 0.6) is 0 Å². The first-order valence-electron chi connectivity index (χ1n) is 8.99. The van der Waals surface area contributed by atoms with Crippen molar-refractivity contribution >= 4 is 11.7 Å². The Kier molecular flexibility index (Phi) is 4.89. The van der Waals surface area contributed by atoms with Gasteiger partial charge in [0.2, 0.25) is 0 Å². The minimum Gasteiger partial charge on any atom is -0.476 e. The molecule has 3 aromatic rings. The number of benzene rings is 2. The zero-order valence-corrected chi connectivity index (χ0v) is 14.9. The molecule has 1 aromatic heterocycles. The molecule has 0 unspecified atom stereocenters. The lowest BCUT2D eigenvalue weighted by molar-refractivity contribution is 0.0689. The number of ether oxygens (including phenoxy) is 1. The molecule has 0 aliphatic carbocycles. The monoisotopic (exact) mass is 363 g/mol. The molecule has 1 aliphatic rings. The summed E-state index contributed by atoms with van der Waals surface area (Å²) in [6, 6.07) is 19.7. The third-order valence-corrected chi connectivity index (χ3v) is 4.69. The van der Waals surface area contributed by atoms with E-state index in [0.29, 0.717) is 6.54 Å². The van der Waals surface area contributed by atoms with Crippen molar-refractivity contribution in [1.29, 1.82) is 0 Å². The molecule has 0 saturated carbocycles. The van der Waals surface area contributed by atoms with Crippen molar-refractivity contribution in [3.05, 3.63) is 71.9 Å². The molecular weight excluding hydrogens is 342 g/mol. The predicted octanol–water partition coefficient (Wildman–Crippen LogP) is 3.13. The number of morpholine rings is 1. The van der Waals surface area contributed by atoms with Gasteiger partial charge in [0, 0.05) is 24.3 Å². The van der Waals surface area contributed by atoms with Crippen LogP contribution in [0.15, 0.2) is 60.7 Å². The van der Waals surface area contributed by atoms with Crippen LogP contribution in [0.1, 0.15) is 16.1 Å². The Morgan fingerprint density at radius 2 is 1.81 bits per heavy atom. The van der Waals surface area contributed by atoms with Gasteiger partial charge in [-0.25, -0.2) is 4.79 Å². The van der Waals surface area contributed by atoms with E-state index in [2.05, 4.69) is 22.1 Å². The standard InChI is InChI=1S/C21H21N3O3/c25-21(26)19-14-20(24(22-19)15-16-5-2-1-3-6-16)17-7-4-8-18(13-17)23-9-11-27-12-10-23/h1-8,13-14H,9-12,15H2,(H,25,26). The Hall–Kier alpha value is -3.12. The van der Waals surface area contributed by atoms with E-state index in [0.717, 1.165) is 48.8 Å². The second-order valence-corrected chi connectivity index (χ2v) is 6.51. The molecule has 4 rings (SSSR count). The maximum atomic E-state index is 11.5. The minimum absolute atomic E-state index is 0.0534. The molecule has 0 atom stereocenters. The van der Waals surface area contributed by atoms with Gasteiger partial charge in [0.25, 0.3) is 0 Å². The molecule has 27 heavy (non-hydrogen) atoms. The number of hydrogen-bond acceptors (Lipinski definition) is 4. The quantitative estimate of drug-likeness (QED) is 0.754. The van der Waals surface area contributed by atoms with Gasteiger partial charge >= 0.3 is 5.97 Å². The topological polar surface area (TPSA) is 67.6 Å². The van der Waals surface area contributed by atoms with Gasteiger partial charge in [0.15, 0.2) is 5.69 Å². The number of anilines is 1. The first-order valence-corrected chi connectivity index (χ1v) is 8.99. The van der Waals surface area contributed by atoms with Gasteiger partial charge in [0.05, 0.1) is 25.5 Å². The van der Waals surface area contributed by atoms with Crippen LogP contribution in [-0.2, 0) is 11.3 Å². The van der Waals surface area contributed by atoms with Gasteiger partial charge in [0.1, 0.15) is 0 Å². The van der Waals surface area contributed by atoms with E-state index in [1.54, 1.807) is 10.7 Å². The number of hydrogen-bond donors (Lipinski definition) is 1. The average Bonchev–Trinajstić information content (AvgIpc) is 3.14. The minimum atomic E-state index is -1.02. The summed E-state index contributed by atoms with van der Waals surface area (Å²) in [5.41, 5.74) is 3.99. The largest absolute Gasteiger partial charge is 0.476 e. The zero-order valence-electron chi connectivity index (χ0n) is 14.9. The van der Waals surface area contributed by atoms with E-state index in [4.69, 9.17) is 4.74 Å². The van der Waals surface area contributed by atoms with Crippen molar-refractivity contribution in [3.8, 4) is 11.3 Å². The summed E-state index contributed by atoms with van der Waals surface area (Å²) in [7, 11) is 0. The van der Waals surface area contributed by atoms with E-state index in [-0.39, 0.29) is 5.69 Å². The Morgan fingerprint density at radius 1 is 1.04 bits per heavy atom. The molecule has 1 saturated heterocycles. The Labute approximate surface area is 157 Å². The van der Waals surface area contributed by atoms with Crippen molar-refractivity contribution < 1.29 is 14.6 Å². The third-order valence-electron chi connectivity index (χ3n) is 4.69. The number of nitrogens with zero attached hydrogens (tertiary/aromatic N) is 3. The van der Waals surface area contributed by atoms with Crippen molar-refractivity contribution in [2.45, 2.75) is 6.54 Å². The Balaban J connectivity index is 1.70. The summed E-state index contributed by atoms with van der Waals surface area (Å²) in [4.78, 5) is 13.7. The molecule has 0 amide bonds. The number of carboxylic acids is 1. The van der Waals surface area contributed by atoms with Crippen LogP contribution in [-0.4, -0.2) is 47.2 Å². The smallest absolute Gasteiger partial charge is 0.356 e. The highest BCUT2D eigenvalue weighted by molar-refractivity contribution is 5.87. The predicted molar refractivity (Wildman–Crippen MR) is 103 cm³/mol. The molecule has 1 aliphatic heterocycles. The third kappa shape index (κ3) is 3.85. The van der Waals surface area contributed by atoms with Crippen LogP contribution in [0.4, 0.5) is 5.69 Å². The van der Waals surface area contributed by atoms with E-state index in [1.807, 2.05) is 42.5 Å². The van der Waals surface area contributed by atoms with Crippen molar-refractivity contribution in [1.82, 2.24) is 9.78 Å². The number of aromatic nitrogens is 2. The molecule has 2 heterocycles. The lowest BCUT2D eigenvalue weighted by Crippen LogP contribution is -2.36. The van der Waals surface area contributed by atoms with E-state index in [1.165, 1.54) is 0 Å². The number of aromatic carboxylic acids is 1. The zero-order chi connectivity index (χ0) is 18.6. The van der Waals surface area contributed by atoms with Crippen LogP contribution >= 0.6 is 0 Å². The number of carbonyl (C=O) groups is 1. The second-order valence-electron chi connectivity index (χ2n) is 6.51. The molecule has 138 valence electrons. The lowest BCUT2D eigenvalue weighted by Gasteiger charge is -2.29. The summed E-state index contributed by atoms with van der Waals surface area (Å²) in [6.07, 6.45) is 0. The van der Waals surface area contributed by atoms with Crippen LogP contribution in [0.25, 0.3) is 11.3 Å². The fourth-order valence-corrected chi connectivity index (χ4v) is 3.31. The molecule has 6 nitrogen and oxygen atoms in total. The summed E-state index contributed by atoms with van der Waals surface area (Å²) in [5, 5.41) is 13.7. The van der Waals surface area contributed by atoms with Gasteiger partial charge in [-0.3, -0.25) is 4.68 Å². The molecule has 1 N–H and O–H groups in total. The summed E-state index contributed by atoms with van der Waals surface area (Å²) in [6.45, 7) is 3.67. The van der Waals surface area contributed by atoms with Gasteiger partial charge in [-0.15, -0.1) is 0 Å². The van der Waals surface area contributed by atoms with Crippen molar-refractivity contribution in [3.63, 3.8) is 0 Å². The Morgan fingerprint density at radius 3 is 2.56 bits per heavy atom. The normalized spacial score (nSPS) is 14.3. The van der Waals surface area contributed by atoms with Crippen molar-refractivity contribution in [2.24, 2.45) is 0 Å². The van der Waals surface area contributed by atoms with E-state index >= 15 is 0 Å². The number of carboxylic acid groups (broad SMARTS) is 1. The van der Waals surface area contributed by atoms with Crippen molar-refractivity contribution in [2.75, 3.05) is 31.2 Å². The van der Waals surface area contributed by atoms with Crippen LogP contribution in [0.2, 0.25) is 0 Å². The summed E-state index contributed by atoms with van der Waals surface area (Å²) >= 11 is 0. The van der Waals surface area contributed by atoms with Gasteiger partial charge in [-0.2, -0.15) is 5.10 Å². The van der Waals surface area contributed by atoms with Gasteiger partial charge in [-0.1, -0.05) is 42.5 Å². The lowest BCUT2D eigenvalue weighted by atomic mass is 10.1. The summed E-state index contributed by atoms with van der Waals surface area (Å²) in [5.74, 6) is -1.02. The highest BCUT2D eigenvalue weighted by atomic mass is 16.5. The maximum Gasteiger partial charge on any atom is 0.356 e. The van der Waals surface area contributed by atoms with E-state index < -0.39 is 5.97 Å².